The number of phenolic OH excluding ortho intramolecular Hbond substituents is 1. The Balaban J connectivity index is 1.86. The van der Waals surface area contributed by atoms with Crippen LogP contribution in [0.5, 0.6) is 11.5 Å². The van der Waals surface area contributed by atoms with E-state index in [-0.39, 0.29) is 28.2 Å². The van der Waals surface area contributed by atoms with Crippen molar-refractivity contribution >= 4 is 23.4 Å². The van der Waals surface area contributed by atoms with E-state index in [0.29, 0.717) is 41.9 Å². The molecule has 33 heavy (non-hydrogen) atoms. The Morgan fingerprint density at radius 3 is 2.58 bits per heavy atom. The number of halogens is 1. The molecule has 0 unspecified atom stereocenters. The molecule has 0 aromatic heterocycles. The molecule has 2 N–H and O–H groups in total. The molecule has 0 saturated heterocycles. The SMILES string of the molecule is CCOc1cc([C@H]2C(C(=O)OC)=C(C)NC3=C2C(=O)C[C@@H](c2ccccc2)C3)cc(Cl)c1O. The molecule has 0 amide bonds. The van der Waals surface area contributed by atoms with Gasteiger partial charge in [0.05, 0.1) is 24.3 Å². The van der Waals surface area contributed by atoms with Gasteiger partial charge in [-0.15, -0.1) is 0 Å². The molecule has 6 nitrogen and oxygen atoms in total. The Labute approximate surface area is 197 Å². The summed E-state index contributed by atoms with van der Waals surface area (Å²) in [5.41, 5.74) is 3.96. The van der Waals surface area contributed by atoms with Gasteiger partial charge in [0.25, 0.3) is 0 Å². The molecular weight excluding hydrogens is 442 g/mol. The second-order valence-electron chi connectivity index (χ2n) is 8.20. The third kappa shape index (κ3) is 4.23. The molecule has 0 radical (unpaired) electrons. The van der Waals surface area contributed by atoms with E-state index in [1.54, 1.807) is 26.0 Å². The number of esters is 1. The highest BCUT2D eigenvalue weighted by molar-refractivity contribution is 6.32. The van der Waals surface area contributed by atoms with Gasteiger partial charge in [0.2, 0.25) is 0 Å². The highest BCUT2D eigenvalue weighted by atomic mass is 35.5. The van der Waals surface area contributed by atoms with Gasteiger partial charge in [0.15, 0.2) is 17.3 Å². The first-order valence-electron chi connectivity index (χ1n) is 10.9. The summed E-state index contributed by atoms with van der Waals surface area (Å²) < 4.78 is 10.6. The minimum atomic E-state index is -0.685. The molecule has 0 bridgehead atoms. The van der Waals surface area contributed by atoms with Crippen LogP contribution in [0.2, 0.25) is 5.02 Å². The Morgan fingerprint density at radius 2 is 1.91 bits per heavy atom. The predicted molar refractivity (Wildman–Crippen MR) is 125 cm³/mol. The molecule has 1 aliphatic heterocycles. The number of aromatic hydroxyl groups is 1. The zero-order valence-corrected chi connectivity index (χ0v) is 19.5. The molecule has 2 aliphatic rings. The molecule has 2 atom stereocenters. The maximum Gasteiger partial charge on any atom is 0.336 e. The number of hydrogen-bond acceptors (Lipinski definition) is 6. The summed E-state index contributed by atoms with van der Waals surface area (Å²) in [5, 5.41) is 13.7. The van der Waals surface area contributed by atoms with Crippen LogP contribution in [-0.2, 0) is 14.3 Å². The number of allylic oxidation sites excluding steroid dienone is 3. The summed E-state index contributed by atoms with van der Waals surface area (Å²) in [6, 6.07) is 13.2. The molecule has 2 aromatic rings. The molecule has 0 spiro atoms. The van der Waals surface area contributed by atoms with E-state index in [9.17, 15) is 14.7 Å². The fourth-order valence-electron chi connectivity index (χ4n) is 4.74. The topological polar surface area (TPSA) is 84.9 Å². The highest BCUT2D eigenvalue weighted by Crippen LogP contribution is 2.48. The molecule has 1 heterocycles. The Kier molecular flexibility index (Phi) is 6.47. The quantitative estimate of drug-likeness (QED) is 0.603. The minimum Gasteiger partial charge on any atom is -0.503 e. The fraction of sp³-hybridized carbons (Fsp3) is 0.308. The zero-order chi connectivity index (χ0) is 23.7. The van der Waals surface area contributed by atoms with Gasteiger partial charge in [-0.25, -0.2) is 4.79 Å². The normalized spacial score (nSPS) is 20.3. The van der Waals surface area contributed by atoms with E-state index < -0.39 is 11.9 Å². The minimum absolute atomic E-state index is 0.0421. The number of rotatable bonds is 5. The van der Waals surface area contributed by atoms with Gasteiger partial charge >= 0.3 is 5.97 Å². The predicted octanol–water partition coefficient (Wildman–Crippen LogP) is 4.98. The van der Waals surface area contributed by atoms with E-state index in [0.717, 1.165) is 11.3 Å². The Bertz CT molecular complexity index is 1170. The second-order valence-corrected chi connectivity index (χ2v) is 8.61. The van der Waals surface area contributed by atoms with Crippen LogP contribution in [0.3, 0.4) is 0 Å². The lowest BCUT2D eigenvalue weighted by Crippen LogP contribution is -2.36. The van der Waals surface area contributed by atoms with Crippen LogP contribution in [-0.4, -0.2) is 30.6 Å². The van der Waals surface area contributed by atoms with Crippen LogP contribution in [0.4, 0.5) is 0 Å². The molecule has 2 aromatic carbocycles. The summed E-state index contributed by atoms with van der Waals surface area (Å²) in [7, 11) is 1.31. The summed E-state index contributed by atoms with van der Waals surface area (Å²) >= 11 is 6.31. The number of hydrogen-bond donors (Lipinski definition) is 2. The van der Waals surface area contributed by atoms with Crippen molar-refractivity contribution in [3.05, 3.63) is 81.2 Å². The molecule has 4 rings (SSSR count). The molecule has 7 heteroatoms. The van der Waals surface area contributed by atoms with Crippen LogP contribution >= 0.6 is 11.6 Å². The molecule has 1 aliphatic carbocycles. The van der Waals surface area contributed by atoms with Gasteiger partial charge in [-0.05, 0) is 49.4 Å². The first-order valence-corrected chi connectivity index (χ1v) is 11.3. The summed E-state index contributed by atoms with van der Waals surface area (Å²) in [6.07, 6.45) is 0.968. The van der Waals surface area contributed by atoms with Gasteiger partial charge in [-0.1, -0.05) is 41.9 Å². The fourth-order valence-corrected chi connectivity index (χ4v) is 4.96. The van der Waals surface area contributed by atoms with Crippen molar-refractivity contribution in [3.63, 3.8) is 0 Å². The first-order chi connectivity index (χ1) is 15.8. The van der Waals surface area contributed by atoms with Crippen molar-refractivity contribution in [2.24, 2.45) is 0 Å². The van der Waals surface area contributed by atoms with E-state index in [1.165, 1.54) is 7.11 Å². The maximum atomic E-state index is 13.5. The number of phenols is 1. The number of ketones is 1. The largest absolute Gasteiger partial charge is 0.503 e. The third-order valence-electron chi connectivity index (χ3n) is 6.19. The van der Waals surface area contributed by atoms with Crippen LogP contribution in [0.15, 0.2) is 65.0 Å². The Morgan fingerprint density at radius 1 is 1.18 bits per heavy atom. The van der Waals surface area contributed by atoms with Gasteiger partial charge in [-0.2, -0.15) is 0 Å². The Hall–Kier alpha value is -3.25. The van der Waals surface area contributed by atoms with Crippen LogP contribution in [0.1, 0.15) is 49.7 Å². The summed E-state index contributed by atoms with van der Waals surface area (Å²) in [4.78, 5) is 26.4. The zero-order valence-electron chi connectivity index (χ0n) is 18.8. The standard InChI is InChI=1S/C26H26ClNO5/c1-4-33-21-13-17(10-18(27)25(21)30)23-22(26(31)32-3)14(2)28-19-11-16(12-20(29)24(19)23)15-8-6-5-7-9-15/h5-10,13,16,23,28,30H,4,11-12H2,1-3H3/t16-,23-/m0/s1. The molecular formula is C26H26ClNO5. The van der Waals surface area contributed by atoms with Crippen molar-refractivity contribution in [2.75, 3.05) is 13.7 Å². The number of ether oxygens (including phenoxy) is 2. The molecule has 0 fully saturated rings. The molecule has 0 saturated carbocycles. The van der Waals surface area contributed by atoms with E-state index in [4.69, 9.17) is 21.1 Å². The molecule has 172 valence electrons. The van der Waals surface area contributed by atoms with Crippen molar-refractivity contribution in [2.45, 2.75) is 38.5 Å². The number of dihydropyridines is 1. The average molecular weight is 468 g/mol. The number of Topliss-reactive ketones (excluding diaryl/α,β-unsaturated/α-hetero) is 1. The smallest absolute Gasteiger partial charge is 0.336 e. The first kappa shape index (κ1) is 22.9. The van der Waals surface area contributed by atoms with Gasteiger partial charge < -0.3 is 19.9 Å². The van der Waals surface area contributed by atoms with Crippen molar-refractivity contribution < 1.29 is 24.2 Å². The number of nitrogens with one attached hydrogen (secondary N) is 1. The van der Waals surface area contributed by atoms with Gasteiger partial charge in [-0.3, -0.25) is 4.79 Å². The van der Waals surface area contributed by atoms with E-state index in [1.807, 2.05) is 30.3 Å². The lowest BCUT2D eigenvalue weighted by Gasteiger charge is -2.36. The van der Waals surface area contributed by atoms with Crippen LogP contribution in [0, 0.1) is 0 Å². The number of carbonyl (C=O) groups excluding carboxylic acids is 2. The highest BCUT2D eigenvalue weighted by Gasteiger charge is 2.41. The van der Waals surface area contributed by atoms with Crippen molar-refractivity contribution in [1.82, 2.24) is 5.32 Å². The number of methoxy groups -OCH3 is 1. The monoisotopic (exact) mass is 467 g/mol. The van der Waals surface area contributed by atoms with Gasteiger partial charge in [0.1, 0.15) is 0 Å². The maximum absolute atomic E-state index is 13.5. The van der Waals surface area contributed by atoms with E-state index in [2.05, 4.69) is 5.32 Å². The average Bonchev–Trinajstić information content (AvgIpc) is 2.81. The number of benzene rings is 2. The van der Waals surface area contributed by atoms with Crippen LogP contribution in [0.25, 0.3) is 0 Å². The third-order valence-corrected chi connectivity index (χ3v) is 6.48. The lowest BCUT2D eigenvalue weighted by atomic mass is 9.71. The van der Waals surface area contributed by atoms with E-state index >= 15 is 0 Å². The van der Waals surface area contributed by atoms with Crippen molar-refractivity contribution in [1.29, 1.82) is 0 Å². The second kappa shape index (κ2) is 9.32. The lowest BCUT2D eigenvalue weighted by molar-refractivity contribution is -0.136. The van der Waals surface area contributed by atoms with Crippen molar-refractivity contribution in [3.8, 4) is 11.5 Å². The van der Waals surface area contributed by atoms with Crippen LogP contribution < -0.4 is 10.1 Å². The summed E-state index contributed by atoms with van der Waals surface area (Å²) in [5.74, 6) is -1.19. The van der Waals surface area contributed by atoms with Gasteiger partial charge in [0, 0.05) is 29.3 Å². The number of carbonyl (C=O) groups is 2. The summed E-state index contributed by atoms with van der Waals surface area (Å²) in [6.45, 7) is 3.92.